The lowest BCUT2D eigenvalue weighted by Gasteiger charge is -2.11. The highest BCUT2D eigenvalue weighted by atomic mass is 16.5. The maximum Gasteiger partial charge on any atom is 0.163 e. The van der Waals surface area contributed by atoms with Gasteiger partial charge in [0.05, 0.1) is 43.4 Å². The molecule has 1 heterocycles. The molecule has 0 saturated carbocycles. The molecule has 1 aromatic heterocycles. The summed E-state index contributed by atoms with van der Waals surface area (Å²) < 4.78 is 12.9. The molecule has 5 heteroatoms. The van der Waals surface area contributed by atoms with Crippen LogP contribution in [0.3, 0.4) is 0 Å². The summed E-state index contributed by atoms with van der Waals surface area (Å²) in [5.41, 5.74) is 3.49. The molecule has 0 saturated heterocycles. The topological polar surface area (TPSA) is 60.1 Å². The molecule has 0 spiro atoms. The SMILES string of the molecule is CCc1nc2cc(OC)c(OC)cc2n1Cc1ccccc1C#N. The minimum atomic E-state index is 0.596. The van der Waals surface area contributed by atoms with Gasteiger partial charge in [0.25, 0.3) is 0 Å². The number of imidazole rings is 1. The molecule has 0 aliphatic rings. The van der Waals surface area contributed by atoms with E-state index in [4.69, 9.17) is 14.5 Å². The summed E-state index contributed by atoms with van der Waals surface area (Å²) in [6, 6.07) is 13.7. The number of hydrogen-bond donors (Lipinski definition) is 0. The zero-order chi connectivity index (χ0) is 17.1. The molecule has 0 aliphatic heterocycles. The third kappa shape index (κ3) is 2.67. The van der Waals surface area contributed by atoms with Crippen molar-refractivity contribution in [3.05, 3.63) is 53.3 Å². The first-order valence-corrected chi connectivity index (χ1v) is 7.81. The first-order chi connectivity index (χ1) is 11.7. The predicted octanol–water partition coefficient (Wildman–Crippen LogP) is 3.54. The number of ether oxygens (including phenoxy) is 2. The minimum absolute atomic E-state index is 0.596. The molecule has 3 aromatic rings. The molecule has 0 radical (unpaired) electrons. The molecule has 0 aliphatic carbocycles. The number of nitrogens with zero attached hydrogens (tertiary/aromatic N) is 3. The summed E-state index contributed by atoms with van der Waals surface area (Å²) in [6.07, 6.45) is 0.800. The number of aryl methyl sites for hydroxylation is 1. The van der Waals surface area contributed by atoms with Gasteiger partial charge >= 0.3 is 0 Å². The Labute approximate surface area is 141 Å². The Balaban J connectivity index is 2.17. The molecule has 2 aromatic carbocycles. The third-order valence-electron chi connectivity index (χ3n) is 4.12. The van der Waals surface area contributed by atoms with E-state index in [0.29, 0.717) is 23.6 Å². The molecule has 122 valence electrons. The number of aromatic nitrogens is 2. The van der Waals surface area contributed by atoms with E-state index in [1.54, 1.807) is 14.2 Å². The number of benzene rings is 2. The first kappa shape index (κ1) is 15.9. The number of rotatable bonds is 5. The van der Waals surface area contributed by atoms with Gasteiger partial charge in [0.15, 0.2) is 11.5 Å². The molecular formula is C19H19N3O2. The van der Waals surface area contributed by atoms with E-state index in [1.165, 1.54) is 0 Å². The Hall–Kier alpha value is -3.00. The average molecular weight is 321 g/mol. The van der Waals surface area contributed by atoms with Gasteiger partial charge in [0, 0.05) is 18.6 Å². The normalized spacial score (nSPS) is 10.6. The lowest BCUT2D eigenvalue weighted by atomic mass is 10.1. The van der Waals surface area contributed by atoms with Crippen LogP contribution in [0, 0.1) is 11.3 Å². The van der Waals surface area contributed by atoms with Crippen LogP contribution in [0.15, 0.2) is 36.4 Å². The average Bonchev–Trinajstić information content (AvgIpc) is 2.97. The molecule has 0 bridgehead atoms. The number of fused-ring (bicyclic) bond motifs is 1. The predicted molar refractivity (Wildman–Crippen MR) is 92.5 cm³/mol. The zero-order valence-corrected chi connectivity index (χ0v) is 14.0. The van der Waals surface area contributed by atoms with Crippen LogP contribution in [0.5, 0.6) is 11.5 Å². The van der Waals surface area contributed by atoms with Crippen LogP contribution < -0.4 is 9.47 Å². The number of nitriles is 1. The second-order valence-corrected chi connectivity index (χ2v) is 5.43. The van der Waals surface area contributed by atoms with Crippen LogP contribution >= 0.6 is 0 Å². The molecule has 0 N–H and O–H groups in total. The quantitative estimate of drug-likeness (QED) is 0.721. The van der Waals surface area contributed by atoms with Crippen molar-refractivity contribution in [2.75, 3.05) is 14.2 Å². The Kier molecular flexibility index (Phi) is 4.39. The molecule has 5 nitrogen and oxygen atoms in total. The summed E-state index contributed by atoms with van der Waals surface area (Å²) >= 11 is 0. The van der Waals surface area contributed by atoms with Gasteiger partial charge in [-0.05, 0) is 11.6 Å². The standard InChI is InChI=1S/C19H19N3O2/c1-4-19-21-15-9-17(23-2)18(24-3)10-16(15)22(19)12-14-8-6-5-7-13(14)11-20/h5-10H,4,12H2,1-3H3. The zero-order valence-electron chi connectivity index (χ0n) is 14.0. The van der Waals surface area contributed by atoms with Crippen LogP contribution in [-0.4, -0.2) is 23.8 Å². The van der Waals surface area contributed by atoms with Crippen LogP contribution in [0.2, 0.25) is 0 Å². The van der Waals surface area contributed by atoms with E-state index in [2.05, 4.69) is 17.6 Å². The van der Waals surface area contributed by atoms with Gasteiger partial charge in [0.1, 0.15) is 5.82 Å². The molecule has 3 rings (SSSR count). The van der Waals surface area contributed by atoms with Crippen molar-refractivity contribution in [2.45, 2.75) is 19.9 Å². The summed E-state index contributed by atoms with van der Waals surface area (Å²) in [7, 11) is 3.24. The number of hydrogen-bond acceptors (Lipinski definition) is 4. The van der Waals surface area contributed by atoms with Gasteiger partial charge in [-0.2, -0.15) is 5.26 Å². The monoisotopic (exact) mass is 321 g/mol. The van der Waals surface area contributed by atoms with Gasteiger partial charge in [-0.3, -0.25) is 0 Å². The van der Waals surface area contributed by atoms with E-state index >= 15 is 0 Å². The lowest BCUT2D eigenvalue weighted by molar-refractivity contribution is 0.355. The molecule has 0 atom stereocenters. The summed E-state index contributed by atoms with van der Waals surface area (Å²) in [6.45, 7) is 2.67. The maximum absolute atomic E-state index is 9.33. The fraction of sp³-hybridized carbons (Fsp3) is 0.263. The van der Waals surface area contributed by atoms with E-state index < -0.39 is 0 Å². The third-order valence-corrected chi connectivity index (χ3v) is 4.12. The highest BCUT2D eigenvalue weighted by Crippen LogP contribution is 2.33. The van der Waals surface area contributed by atoms with E-state index in [1.807, 2.05) is 36.4 Å². The summed E-state index contributed by atoms with van der Waals surface area (Å²) in [5, 5.41) is 9.33. The minimum Gasteiger partial charge on any atom is -0.493 e. The fourth-order valence-corrected chi connectivity index (χ4v) is 2.89. The summed E-state index contributed by atoms with van der Waals surface area (Å²) in [4.78, 5) is 4.71. The van der Waals surface area contributed by atoms with Gasteiger partial charge in [-0.1, -0.05) is 25.1 Å². The van der Waals surface area contributed by atoms with Crippen LogP contribution in [-0.2, 0) is 13.0 Å². The first-order valence-electron chi connectivity index (χ1n) is 7.81. The van der Waals surface area contributed by atoms with E-state index in [0.717, 1.165) is 28.8 Å². The van der Waals surface area contributed by atoms with Gasteiger partial charge < -0.3 is 14.0 Å². The molecule has 0 unspecified atom stereocenters. The Bertz CT molecular complexity index is 922. The maximum atomic E-state index is 9.33. The highest BCUT2D eigenvalue weighted by Gasteiger charge is 2.15. The van der Waals surface area contributed by atoms with E-state index in [-0.39, 0.29) is 0 Å². The van der Waals surface area contributed by atoms with Gasteiger partial charge in [-0.15, -0.1) is 0 Å². The van der Waals surface area contributed by atoms with Crippen molar-refractivity contribution < 1.29 is 9.47 Å². The second kappa shape index (κ2) is 6.63. The van der Waals surface area contributed by atoms with Crippen molar-refractivity contribution in [3.63, 3.8) is 0 Å². The van der Waals surface area contributed by atoms with Crippen molar-refractivity contribution in [2.24, 2.45) is 0 Å². The van der Waals surface area contributed by atoms with Crippen molar-refractivity contribution >= 4 is 11.0 Å². The van der Waals surface area contributed by atoms with Crippen LogP contribution in [0.4, 0.5) is 0 Å². The highest BCUT2D eigenvalue weighted by molar-refractivity contribution is 5.81. The molecule has 24 heavy (non-hydrogen) atoms. The molecule has 0 fully saturated rings. The second-order valence-electron chi connectivity index (χ2n) is 5.43. The van der Waals surface area contributed by atoms with Crippen molar-refractivity contribution in [1.82, 2.24) is 9.55 Å². The van der Waals surface area contributed by atoms with Gasteiger partial charge in [0.2, 0.25) is 0 Å². The Morgan fingerprint density at radius 3 is 2.50 bits per heavy atom. The Morgan fingerprint density at radius 1 is 1.12 bits per heavy atom. The summed E-state index contributed by atoms with van der Waals surface area (Å²) in [5.74, 6) is 2.30. The lowest BCUT2D eigenvalue weighted by Crippen LogP contribution is -2.06. The van der Waals surface area contributed by atoms with Gasteiger partial charge in [-0.25, -0.2) is 4.98 Å². The fourth-order valence-electron chi connectivity index (χ4n) is 2.89. The van der Waals surface area contributed by atoms with Crippen molar-refractivity contribution in [1.29, 1.82) is 5.26 Å². The van der Waals surface area contributed by atoms with Crippen LogP contribution in [0.25, 0.3) is 11.0 Å². The smallest absolute Gasteiger partial charge is 0.163 e. The van der Waals surface area contributed by atoms with Crippen molar-refractivity contribution in [3.8, 4) is 17.6 Å². The Morgan fingerprint density at radius 2 is 1.83 bits per heavy atom. The molecule has 0 amide bonds. The van der Waals surface area contributed by atoms with E-state index in [9.17, 15) is 5.26 Å². The molecular weight excluding hydrogens is 302 g/mol. The van der Waals surface area contributed by atoms with Crippen LogP contribution in [0.1, 0.15) is 23.9 Å². The largest absolute Gasteiger partial charge is 0.493 e. The number of methoxy groups -OCH3 is 2.